The molecule has 1 aromatic carbocycles. The van der Waals surface area contributed by atoms with Gasteiger partial charge in [0.25, 0.3) is 0 Å². The van der Waals surface area contributed by atoms with Crippen molar-refractivity contribution in [2.75, 3.05) is 6.61 Å². The standard InChI is InChI=1S/C30H44O5/c1-4-6-7-8-9-10-11-12-13-14-15-19-22-35-30(34)27(25(5-2)23-24(3)29(32)33)28(31)26-20-17-16-18-21-26/h16-18,20-21,23H,4-15,19,22H2,1-3H3,(H,32,33). The molecule has 5 nitrogen and oxygen atoms in total. The Bertz CT molecular complexity index is 836. The minimum absolute atomic E-state index is 0.0639. The normalized spacial score (nSPS) is 12.3. The highest BCUT2D eigenvalue weighted by Crippen LogP contribution is 2.20. The summed E-state index contributed by atoms with van der Waals surface area (Å²) in [6.45, 7) is 5.72. The van der Waals surface area contributed by atoms with Crippen LogP contribution in [0.1, 0.15) is 115 Å². The molecule has 0 heterocycles. The number of allylic oxidation sites excluding steroid dienone is 2. The SMILES string of the molecule is CCCCCCCCCCCCCCOC(=O)C(C(=O)c1ccccc1)=C(C=C(C)C(=O)O)CC. The average molecular weight is 485 g/mol. The molecule has 0 aliphatic heterocycles. The number of hydrogen-bond donors (Lipinski definition) is 1. The second kappa shape index (κ2) is 18.6. The summed E-state index contributed by atoms with van der Waals surface area (Å²) >= 11 is 0. The van der Waals surface area contributed by atoms with E-state index in [4.69, 9.17) is 4.74 Å². The van der Waals surface area contributed by atoms with Gasteiger partial charge in [-0.15, -0.1) is 0 Å². The largest absolute Gasteiger partial charge is 0.478 e. The monoisotopic (exact) mass is 484 g/mol. The second-order valence-electron chi connectivity index (χ2n) is 9.11. The van der Waals surface area contributed by atoms with Gasteiger partial charge in [-0.2, -0.15) is 0 Å². The number of esters is 1. The minimum atomic E-state index is -1.09. The maximum Gasteiger partial charge on any atom is 0.342 e. The molecule has 0 unspecified atom stereocenters. The van der Waals surface area contributed by atoms with E-state index < -0.39 is 17.7 Å². The van der Waals surface area contributed by atoms with Crippen molar-refractivity contribution in [3.05, 3.63) is 58.7 Å². The van der Waals surface area contributed by atoms with Gasteiger partial charge in [0.05, 0.1) is 6.61 Å². The number of ketones is 1. The Balaban J connectivity index is 2.57. The van der Waals surface area contributed by atoms with Crippen LogP contribution in [0.5, 0.6) is 0 Å². The molecule has 0 aromatic heterocycles. The summed E-state index contributed by atoms with van der Waals surface area (Å²) in [7, 11) is 0. The van der Waals surface area contributed by atoms with E-state index in [1.54, 1.807) is 37.3 Å². The number of carbonyl (C=O) groups is 3. The van der Waals surface area contributed by atoms with Crippen LogP contribution < -0.4 is 0 Å². The van der Waals surface area contributed by atoms with E-state index in [1.807, 2.05) is 0 Å². The number of carboxylic acids is 1. The molecule has 0 atom stereocenters. The average Bonchev–Trinajstić information content (AvgIpc) is 2.86. The lowest BCUT2D eigenvalue weighted by Crippen LogP contribution is -2.19. The smallest absolute Gasteiger partial charge is 0.342 e. The number of ether oxygens (including phenoxy) is 1. The van der Waals surface area contributed by atoms with Gasteiger partial charge in [0, 0.05) is 11.1 Å². The molecule has 1 N–H and O–H groups in total. The van der Waals surface area contributed by atoms with Crippen molar-refractivity contribution in [1.82, 2.24) is 0 Å². The summed E-state index contributed by atoms with van der Waals surface area (Å²) in [5, 5.41) is 9.25. The van der Waals surface area contributed by atoms with Crippen LogP contribution >= 0.6 is 0 Å². The third kappa shape index (κ3) is 12.5. The van der Waals surface area contributed by atoms with Gasteiger partial charge < -0.3 is 9.84 Å². The lowest BCUT2D eigenvalue weighted by Gasteiger charge is -2.12. The Labute approximate surface area is 211 Å². The van der Waals surface area contributed by atoms with Crippen molar-refractivity contribution in [3.8, 4) is 0 Å². The molecule has 0 fully saturated rings. The van der Waals surface area contributed by atoms with Gasteiger partial charge in [0.1, 0.15) is 5.57 Å². The lowest BCUT2D eigenvalue weighted by molar-refractivity contribution is -0.139. The number of rotatable bonds is 19. The van der Waals surface area contributed by atoms with Crippen LogP contribution in [-0.4, -0.2) is 29.4 Å². The molecule has 0 aliphatic rings. The molecule has 1 aromatic rings. The molecular formula is C30H44O5. The maximum absolute atomic E-state index is 13.1. The van der Waals surface area contributed by atoms with Crippen LogP contribution in [0.3, 0.4) is 0 Å². The van der Waals surface area contributed by atoms with Gasteiger partial charge in [0.15, 0.2) is 0 Å². The van der Waals surface area contributed by atoms with Crippen molar-refractivity contribution < 1.29 is 24.2 Å². The van der Waals surface area contributed by atoms with Crippen LogP contribution in [0.2, 0.25) is 0 Å². The topological polar surface area (TPSA) is 80.7 Å². The summed E-state index contributed by atoms with van der Waals surface area (Å²) in [6.07, 6.45) is 16.3. The highest BCUT2D eigenvalue weighted by Gasteiger charge is 2.24. The summed E-state index contributed by atoms with van der Waals surface area (Å²) in [5.74, 6) is -2.22. The highest BCUT2D eigenvalue weighted by atomic mass is 16.5. The quantitative estimate of drug-likeness (QED) is 0.0411. The van der Waals surface area contributed by atoms with E-state index in [1.165, 1.54) is 70.8 Å². The summed E-state index contributed by atoms with van der Waals surface area (Å²) in [5.41, 5.74) is 0.725. The third-order valence-corrected chi connectivity index (χ3v) is 6.13. The molecule has 0 aliphatic carbocycles. The van der Waals surface area contributed by atoms with Crippen LogP contribution in [0, 0.1) is 0 Å². The fourth-order valence-electron chi connectivity index (χ4n) is 3.96. The van der Waals surface area contributed by atoms with E-state index in [0.717, 1.165) is 19.3 Å². The van der Waals surface area contributed by atoms with Crippen molar-refractivity contribution in [2.24, 2.45) is 0 Å². The molecule has 0 spiro atoms. The summed E-state index contributed by atoms with van der Waals surface area (Å²) in [4.78, 5) is 37.4. The number of unbranched alkanes of at least 4 members (excludes halogenated alkanes) is 11. The van der Waals surface area contributed by atoms with Crippen LogP contribution in [-0.2, 0) is 14.3 Å². The zero-order valence-corrected chi connectivity index (χ0v) is 21.9. The first kappa shape index (κ1) is 30.3. The molecule has 0 saturated heterocycles. The Morgan fingerprint density at radius 1 is 0.800 bits per heavy atom. The fraction of sp³-hybridized carbons (Fsp3) is 0.567. The first-order valence-corrected chi connectivity index (χ1v) is 13.3. The molecule has 35 heavy (non-hydrogen) atoms. The van der Waals surface area contributed by atoms with Crippen LogP contribution in [0.4, 0.5) is 0 Å². The van der Waals surface area contributed by atoms with E-state index in [2.05, 4.69) is 6.92 Å². The van der Waals surface area contributed by atoms with Gasteiger partial charge in [-0.25, -0.2) is 9.59 Å². The van der Waals surface area contributed by atoms with Crippen LogP contribution in [0.25, 0.3) is 0 Å². The summed E-state index contributed by atoms with van der Waals surface area (Å²) in [6, 6.07) is 8.53. The Morgan fingerprint density at radius 2 is 1.31 bits per heavy atom. The number of carboxylic acid groups (broad SMARTS) is 1. The Hall–Kier alpha value is -2.69. The number of aliphatic carboxylic acids is 1. The van der Waals surface area contributed by atoms with E-state index in [0.29, 0.717) is 17.6 Å². The lowest BCUT2D eigenvalue weighted by atomic mass is 9.95. The van der Waals surface area contributed by atoms with Gasteiger partial charge in [-0.3, -0.25) is 4.79 Å². The Morgan fingerprint density at radius 3 is 1.80 bits per heavy atom. The number of benzene rings is 1. The maximum atomic E-state index is 13.1. The van der Waals surface area contributed by atoms with Crippen molar-refractivity contribution >= 4 is 17.7 Å². The van der Waals surface area contributed by atoms with Gasteiger partial charge >= 0.3 is 11.9 Å². The highest BCUT2D eigenvalue weighted by molar-refractivity contribution is 6.25. The van der Waals surface area contributed by atoms with E-state index in [9.17, 15) is 19.5 Å². The minimum Gasteiger partial charge on any atom is -0.478 e. The molecular weight excluding hydrogens is 440 g/mol. The van der Waals surface area contributed by atoms with Crippen molar-refractivity contribution in [2.45, 2.75) is 104 Å². The molecule has 194 valence electrons. The van der Waals surface area contributed by atoms with Gasteiger partial charge in [-0.1, -0.05) is 115 Å². The number of Topliss-reactive ketones (excluding diaryl/α,β-unsaturated/α-hetero) is 1. The predicted octanol–water partition coefficient (Wildman–Crippen LogP) is 7.85. The van der Waals surface area contributed by atoms with Gasteiger partial charge in [0.2, 0.25) is 5.78 Å². The second-order valence-corrected chi connectivity index (χ2v) is 9.11. The molecule has 5 heteroatoms. The fourth-order valence-corrected chi connectivity index (χ4v) is 3.96. The van der Waals surface area contributed by atoms with E-state index in [-0.39, 0.29) is 17.8 Å². The first-order chi connectivity index (χ1) is 16.9. The van der Waals surface area contributed by atoms with Crippen molar-refractivity contribution in [1.29, 1.82) is 0 Å². The van der Waals surface area contributed by atoms with Crippen molar-refractivity contribution in [3.63, 3.8) is 0 Å². The number of carbonyl (C=O) groups excluding carboxylic acids is 2. The van der Waals surface area contributed by atoms with Crippen LogP contribution in [0.15, 0.2) is 53.1 Å². The molecule has 0 saturated carbocycles. The first-order valence-electron chi connectivity index (χ1n) is 13.3. The van der Waals surface area contributed by atoms with E-state index >= 15 is 0 Å². The number of hydrogen-bond acceptors (Lipinski definition) is 4. The molecule has 0 radical (unpaired) electrons. The predicted molar refractivity (Wildman–Crippen MR) is 142 cm³/mol. The summed E-state index contributed by atoms with van der Waals surface area (Å²) < 4.78 is 5.47. The zero-order chi connectivity index (χ0) is 25.9. The molecule has 0 amide bonds. The Kier molecular flexibility index (Phi) is 16.1. The zero-order valence-electron chi connectivity index (χ0n) is 21.9. The third-order valence-electron chi connectivity index (χ3n) is 6.13. The molecule has 0 bridgehead atoms. The molecule has 1 rings (SSSR count). The van der Waals surface area contributed by atoms with Gasteiger partial charge in [-0.05, 0) is 31.4 Å².